The quantitative estimate of drug-likeness (QED) is 0.747. The molecule has 2 aromatic heterocycles. The van der Waals surface area contributed by atoms with Gasteiger partial charge < -0.3 is 0 Å². The second kappa shape index (κ2) is 4.43. The molecule has 0 radical (unpaired) electrons. The molecule has 1 atom stereocenters. The van der Waals surface area contributed by atoms with Gasteiger partial charge in [0.05, 0.1) is 11.8 Å². The molecule has 0 aliphatic carbocycles. The van der Waals surface area contributed by atoms with Crippen molar-refractivity contribution >= 4 is 22.9 Å². The normalized spacial score (nSPS) is 12.0. The topological polar surface area (TPSA) is 36.7 Å². The van der Waals surface area contributed by atoms with Gasteiger partial charge in [-0.05, 0) is 23.6 Å². The number of pyridine rings is 1. The lowest BCUT2D eigenvalue weighted by Crippen LogP contribution is -1.98. The predicted molar refractivity (Wildman–Crippen MR) is 61.0 cm³/mol. The number of rotatable bonds is 2. The van der Waals surface area contributed by atoms with Crippen LogP contribution in [0.1, 0.15) is 16.5 Å². The van der Waals surface area contributed by atoms with E-state index in [1.807, 2.05) is 29.6 Å². The maximum Gasteiger partial charge on any atom is 0.129 e. The van der Waals surface area contributed by atoms with Gasteiger partial charge in [0.25, 0.3) is 0 Å². The summed E-state index contributed by atoms with van der Waals surface area (Å²) in [5, 5.41) is 11.5. The number of halogens is 1. The number of nitriles is 1. The Kier molecular flexibility index (Phi) is 3.00. The zero-order valence-electron chi connectivity index (χ0n) is 7.72. The van der Waals surface area contributed by atoms with Crippen LogP contribution in [0.2, 0.25) is 5.15 Å². The first kappa shape index (κ1) is 10.2. The minimum atomic E-state index is -0.316. The van der Waals surface area contributed by atoms with Gasteiger partial charge in [0.1, 0.15) is 11.1 Å². The fourth-order valence-electron chi connectivity index (χ4n) is 1.32. The Balaban J connectivity index is 2.41. The van der Waals surface area contributed by atoms with Crippen molar-refractivity contribution in [2.75, 3.05) is 0 Å². The standard InChI is InChI=1S/C11H7ClN2S/c12-11-5-1-3-9(14-11)8(7-13)10-4-2-6-15-10/h1-6,8H. The van der Waals surface area contributed by atoms with E-state index in [2.05, 4.69) is 11.1 Å². The minimum Gasteiger partial charge on any atom is -0.239 e. The SMILES string of the molecule is N#CC(c1cccc(Cl)n1)c1cccs1. The van der Waals surface area contributed by atoms with Crippen molar-refractivity contribution in [3.05, 3.63) is 51.4 Å². The van der Waals surface area contributed by atoms with Gasteiger partial charge in [-0.15, -0.1) is 11.3 Å². The van der Waals surface area contributed by atoms with E-state index < -0.39 is 0 Å². The van der Waals surface area contributed by atoms with Crippen LogP contribution in [-0.4, -0.2) is 4.98 Å². The summed E-state index contributed by atoms with van der Waals surface area (Å²) in [5.41, 5.74) is 0.701. The monoisotopic (exact) mass is 234 g/mol. The zero-order valence-corrected chi connectivity index (χ0v) is 9.29. The second-order valence-electron chi connectivity index (χ2n) is 2.96. The van der Waals surface area contributed by atoms with E-state index in [4.69, 9.17) is 16.9 Å². The molecule has 2 aromatic rings. The molecule has 0 amide bonds. The fraction of sp³-hybridized carbons (Fsp3) is 0.0909. The zero-order chi connectivity index (χ0) is 10.7. The fourth-order valence-corrected chi connectivity index (χ4v) is 2.27. The molecule has 0 aliphatic rings. The highest BCUT2D eigenvalue weighted by Crippen LogP contribution is 2.26. The first-order valence-electron chi connectivity index (χ1n) is 4.37. The molecular weight excluding hydrogens is 228 g/mol. The summed E-state index contributed by atoms with van der Waals surface area (Å²) in [6.07, 6.45) is 0. The molecule has 2 rings (SSSR count). The predicted octanol–water partition coefficient (Wildman–Crippen LogP) is 3.45. The highest BCUT2D eigenvalue weighted by Gasteiger charge is 2.15. The van der Waals surface area contributed by atoms with Crippen LogP contribution in [0.3, 0.4) is 0 Å². The van der Waals surface area contributed by atoms with Crippen molar-refractivity contribution in [2.45, 2.75) is 5.92 Å². The number of aromatic nitrogens is 1. The molecule has 0 aromatic carbocycles. The van der Waals surface area contributed by atoms with Crippen LogP contribution in [0.25, 0.3) is 0 Å². The van der Waals surface area contributed by atoms with E-state index in [0.29, 0.717) is 10.8 Å². The number of hydrogen-bond acceptors (Lipinski definition) is 3. The molecule has 2 nitrogen and oxygen atoms in total. The highest BCUT2D eigenvalue weighted by atomic mass is 35.5. The lowest BCUT2D eigenvalue weighted by molar-refractivity contribution is 0.988. The molecule has 4 heteroatoms. The Hall–Kier alpha value is -1.37. The summed E-state index contributed by atoms with van der Waals surface area (Å²) in [7, 11) is 0. The number of thiophene rings is 1. The van der Waals surface area contributed by atoms with Crippen LogP contribution < -0.4 is 0 Å². The summed E-state index contributed by atoms with van der Waals surface area (Å²) >= 11 is 7.34. The Labute approximate surface area is 96.8 Å². The van der Waals surface area contributed by atoms with E-state index in [9.17, 15) is 0 Å². The molecule has 74 valence electrons. The molecule has 1 unspecified atom stereocenters. The summed E-state index contributed by atoms with van der Waals surface area (Å²) in [6.45, 7) is 0. The third kappa shape index (κ3) is 2.17. The largest absolute Gasteiger partial charge is 0.239 e. The molecule has 0 N–H and O–H groups in total. The lowest BCUT2D eigenvalue weighted by atomic mass is 10.1. The molecule has 0 bridgehead atoms. The number of hydrogen-bond donors (Lipinski definition) is 0. The average molecular weight is 235 g/mol. The van der Waals surface area contributed by atoms with Crippen LogP contribution in [0.15, 0.2) is 35.7 Å². The maximum absolute atomic E-state index is 9.12. The average Bonchev–Trinajstić information content (AvgIpc) is 2.72. The van der Waals surface area contributed by atoms with Crippen molar-refractivity contribution in [1.82, 2.24) is 4.98 Å². The molecule has 0 saturated heterocycles. The molecule has 2 heterocycles. The van der Waals surface area contributed by atoms with Gasteiger partial charge in [-0.3, -0.25) is 0 Å². The van der Waals surface area contributed by atoms with E-state index in [1.54, 1.807) is 17.4 Å². The van der Waals surface area contributed by atoms with E-state index >= 15 is 0 Å². The first-order chi connectivity index (χ1) is 7.31. The van der Waals surface area contributed by atoms with Crippen LogP contribution >= 0.6 is 22.9 Å². The Morgan fingerprint density at radius 1 is 1.33 bits per heavy atom. The third-order valence-corrected chi connectivity index (χ3v) is 3.14. The first-order valence-corrected chi connectivity index (χ1v) is 5.62. The van der Waals surface area contributed by atoms with Gasteiger partial charge >= 0.3 is 0 Å². The molecule has 15 heavy (non-hydrogen) atoms. The highest BCUT2D eigenvalue weighted by molar-refractivity contribution is 7.10. The van der Waals surface area contributed by atoms with Gasteiger partial charge in [0, 0.05) is 4.88 Å². The second-order valence-corrected chi connectivity index (χ2v) is 4.33. The van der Waals surface area contributed by atoms with Crippen molar-refractivity contribution in [2.24, 2.45) is 0 Å². The van der Waals surface area contributed by atoms with Gasteiger partial charge in [0.2, 0.25) is 0 Å². The van der Waals surface area contributed by atoms with Crippen molar-refractivity contribution in [1.29, 1.82) is 5.26 Å². The minimum absolute atomic E-state index is 0.316. The summed E-state index contributed by atoms with van der Waals surface area (Å²) < 4.78 is 0. The Morgan fingerprint density at radius 2 is 2.20 bits per heavy atom. The molecular formula is C11H7ClN2S. The Bertz CT molecular complexity index is 488. The summed E-state index contributed by atoms with van der Waals surface area (Å²) in [5.74, 6) is -0.316. The summed E-state index contributed by atoms with van der Waals surface area (Å²) in [4.78, 5) is 5.14. The van der Waals surface area contributed by atoms with Crippen molar-refractivity contribution in [3.8, 4) is 6.07 Å². The molecule has 0 fully saturated rings. The van der Waals surface area contributed by atoms with Gasteiger partial charge in [-0.25, -0.2) is 4.98 Å². The van der Waals surface area contributed by atoms with Crippen molar-refractivity contribution in [3.63, 3.8) is 0 Å². The van der Waals surface area contributed by atoms with E-state index in [1.165, 1.54) is 0 Å². The van der Waals surface area contributed by atoms with Crippen LogP contribution in [0.4, 0.5) is 0 Å². The third-order valence-electron chi connectivity index (χ3n) is 1.99. The number of nitrogens with zero attached hydrogens (tertiary/aromatic N) is 2. The maximum atomic E-state index is 9.12. The smallest absolute Gasteiger partial charge is 0.129 e. The van der Waals surface area contributed by atoms with Gasteiger partial charge in [-0.1, -0.05) is 23.7 Å². The lowest BCUT2D eigenvalue weighted by Gasteiger charge is -2.05. The van der Waals surface area contributed by atoms with Crippen LogP contribution in [0, 0.1) is 11.3 Å². The molecule has 0 aliphatic heterocycles. The van der Waals surface area contributed by atoms with Crippen molar-refractivity contribution < 1.29 is 0 Å². The van der Waals surface area contributed by atoms with E-state index in [0.717, 1.165) is 4.88 Å². The van der Waals surface area contributed by atoms with Crippen LogP contribution in [-0.2, 0) is 0 Å². The Morgan fingerprint density at radius 3 is 2.80 bits per heavy atom. The molecule has 0 spiro atoms. The van der Waals surface area contributed by atoms with E-state index in [-0.39, 0.29) is 5.92 Å². The van der Waals surface area contributed by atoms with Gasteiger partial charge in [0.15, 0.2) is 0 Å². The van der Waals surface area contributed by atoms with Crippen LogP contribution in [0.5, 0.6) is 0 Å². The molecule has 0 saturated carbocycles. The van der Waals surface area contributed by atoms with Gasteiger partial charge in [-0.2, -0.15) is 5.26 Å². The summed E-state index contributed by atoms with van der Waals surface area (Å²) in [6, 6.07) is 11.4.